The van der Waals surface area contributed by atoms with Gasteiger partial charge >= 0.3 is 0 Å². The molecule has 6 nitrogen and oxygen atoms in total. The molecule has 0 bridgehead atoms. The number of ketones is 1. The summed E-state index contributed by atoms with van der Waals surface area (Å²) in [6.45, 7) is 5.07. The maximum atomic E-state index is 12.7. The van der Waals surface area contributed by atoms with Gasteiger partial charge in [0.15, 0.2) is 5.78 Å². The van der Waals surface area contributed by atoms with E-state index in [2.05, 4.69) is 17.2 Å². The Labute approximate surface area is 158 Å². The van der Waals surface area contributed by atoms with Crippen LogP contribution in [0.5, 0.6) is 0 Å². The van der Waals surface area contributed by atoms with Crippen molar-refractivity contribution in [2.75, 3.05) is 18.4 Å². The standard InChI is InChI=1S/C21H23N3O3/c1-14-5-4-8-24(13-14)21(27)18-9-17(11-22-12-18)20(26)23-19-7-3-6-16(10-19)15(2)25/h3,6-7,9-12,14H,4-5,8,13H2,1-2H3,(H,23,26). The molecule has 2 amide bonds. The Balaban J connectivity index is 1.74. The molecule has 6 heteroatoms. The van der Waals surface area contributed by atoms with E-state index < -0.39 is 0 Å². The minimum atomic E-state index is -0.370. The Morgan fingerprint density at radius 1 is 1.11 bits per heavy atom. The number of carbonyl (C=O) groups is 3. The number of carbonyl (C=O) groups excluding carboxylic acids is 3. The van der Waals surface area contributed by atoms with Gasteiger partial charge in [-0.25, -0.2) is 0 Å². The number of piperidine rings is 1. The minimum Gasteiger partial charge on any atom is -0.338 e. The molecule has 0 radical (unpaired) electrons. The third-order valence-electron chi connectivity index (χ3n) is 4.72. The second-order valence-corrected chi connectivity index (χ2v) is 7.05. The van der Waals surface area contributed by atoms with Crippen LogP contribution in [-0.4, -0.2) is 40.6 Å². The van der Waals surface area contributed by atoms with Crippen molar-refractivity contribution in [3.05, 3.63) is 59.4 Å². The van der Waals surface area contributed by atoms with Crippen LogP contribution in [-0.2, 0) is 0 Å². The Kier molecular flexibility index (Phi) is 5.64. The number of nitrogens with zero attached hydrogens (tertiary/aromatic N) is 2. The van der Waals surface area contributed by atoms with Gasteiger partial charge in [-0.3, -0.25) is 19.4 Å². The van der Waals surface area contributed by atoms with Crippen LogP contribution in [0.4, 0.5) is 5.69 Å². The molecule has 1 aromatic carbocycles. The van der Waals surface area contributed by atoms with E-state index in [-0.39, 0.29) is 17.6 Å². The van der Waals surface area contributed by atoms with E-state index in [0.717, 1.165) is 25.9 Å². The second-order valence-electron chi connectivity index (χ2n) is 7.05. The fourth-order valence-corrected chi connectivity index (χ4v) is 3.26. The van der Waals surface area contributed by atoms with Crippen molar-refractivity contribution in [3.63, 3.8) is 0 Å². The lowest BCUT2D eigenvalue weighted by Crippen LogP contribution is -2.39. The first-order valence-corrected chi connectivity index (χ1v) is 9.10. The third kappa shape index (κ3) is 4.58. The summed E-state index contributed by atoms with van der Waals surface area (Å²) in [5.41, 5.74) is 1.76. The normalized spacial score (nSPS) is 16.7. The molecular weight excluding hydrogens is 342 g/mol. The molecule has 0 spiro atoms. The van der Waals surface area contributed by atoms with E-state index in [4.69, 9.17) is 0 Å². The number of rotatable bonds is 4. The second kappa shape index (κ2) is 8.12. The zero-order chi connectivity index (χ0) is 19.4. The molecule has 2 heterocycles. The first-order chi connectivity index (χ1) is 12.9. The topological polar surface area (TPSA) is 79.4 Å². The van der Waals surface area contributed by atoms with Gasteiger partial charge in [0.1, 0.15) is 0 Å². The lowest BCUT2D eigenvalue weighted by molar-refractivity contribution is 0.0682. The van der Waals surface area contributed by atoms with Crippen LogP contribution < -0.4 is 5.32 Å². The van der Waals surface area contributed by atoms with Crippen LogP contribution in [0.25, 0.3) is 0 Å². The molecule has 0 aliphatic carbocycles. The molecule has 0 saturated carbocycles. The fraction of sp³-hybridized carbons (Fsp3) is 0.333. The van der Waals surface area contributed by atoms with Gasteiger partial charge in [-0.05, 0) is 43.9 Å². The number of amides is 2. The average Bonchev–Trinajstić information content (AvgIpc) is 2.67. The van der Waals surface area contributed by atoms with Crippen molar-refractivity contribution >= 4 is 23.3 Å². The molecule has 1 saturated heterocycles. The quantitative estimate of drug-likeness (QED) is 0.842. The van der Waals surface area contributed by atoms with Crippen molar-refractivity contribution in [2.24, 2.45) is 5.92 Å². The molecule has 1 fully saturated rings. The van der Waals surface area contributed by atoms with Crippen LogP contribution in [0.2, 0.25) is 0 Å². The number of Topliss-reactive ketones (excluding diaryl/α,β-unsaturated/α-hetero) is 1. The lowest BCUT2D eigenvalue weighted by atomic mass is 9.99. The minimum absolute atomic E-state index is 0.0730. The lowest BCUT2D eigenvalue weighted by Gasteiger charge is -2.30. The van der Waals surface area contributed by atoms with Crippen LogP contribution >= 0.6 is 0 Å². The zero-order valence-corrected chi connectivity index (χ0v) is 15.6. The molecule has 2 aromatic rings. The van der Waals surface area contributed by atoms with Crippen molar-refractivity contribution in [3.8, 4) is 0 Å². The van der Waals surface area contributed by atoms with Gasteiger partial charge in [-0.1, -0.05) is 19.1 Å². The number of anilines is 1. The number of pyridine rings is 1. The Morgan fingerprint density at radius 3 is 2.63 bits per heavy atom. The molecule has 1 aliphatic rings. The molecule has 1 atom stereocenters. The highest BCUT2D eigenvalue weighted by molar-refractivity contribution is 6.06. The van der Waals surface area contributed by atoms with E-state index >= 15 is 0 Å². The maximum Gasteiger partial charge on any atom is 0.257 e. The average molecular weight is 365 g/mol. The van der Waals surface area contributed by atoms with Gasteiger partial charge in [-0.15, -0.1) is 0 Å². The van der Waals surface area contributed by atoms with Crippen LogP contribution in [0.1, 0.15) is 57.8 Å². The van der Waals surface area contributed by atoms with Gasteiger partial charge < -0.3 is 10.2 Å². The van der Waals surface area contributed by atoms with E-state index in [1.54, 1.807) is 30.3 Å². The Bertz CT molecular complexity index is 878. The SMILES string of the molecule is CC(=O)c1cccc(NC(=O)c2cncc(C(=O)N3CCCC(C)C3)c2)c1. The summed E-state index contributed by atoms with van der Waals surface area (Å²) < 4.78 is 0. The van der Waals surface area contributed by atoms with Gasteiger partial charge in [0.25, 0.3) is 11.8 Å². The summed E-state index contributed by atoms with van der Waals surface area (Å²) >= 11 is 0. The number of likely N-dealkylation sites (tertiary alicyclic amines) is 1. The number of hydrogen-bond donors (Lipinski definition) is 1. The summed E-state index contributed by atoms with van der Waals surface area (Å²) in [5, 5.41) is 2.75. The first kappa shape index (κ1) is 18.8. The number of aromatic nitrogens is 1. The van der Waals surface area contributed by atoms with E-state index in [9.17, 15) is 14.4 Å². The fourth-order valence-electron chi connectivity index (χ4n) is 3.26. The Hall–Kier alpha value is -3.02. The molecule has 27 heavy (non-hydrogen) atoms. The number of nitrogens with one attached hydrogen (secondary N) is 1. The third-order valence-corrected chi connectivity index (χ3v) is 4.72. The molecular formula is C21H23N3O3. The van der Waals surface area contributed by atoms with Crippen molar-refractivity contribution in [1.82, 2.24) is 9.88 Å². The summed E-state index contributed by atoms with van der Waals surface area (Å²) in [4.78, 5) is 42.6. The summed E-state index contributed by atoms with van der Waals surface area (Å²) in [6.07, 6.45) is 5.05. The van der Waals surface area contributed by atoms with Crippen molar-refractivity contribution in [2.45, 2.75) is 26.7 Å². The van der Waals surface area contributed by atoms with Crippen molar-refractivity contribution < 1.29 is 14.4 Å². The summed E-state index contributed by atoms with van der Waals surface area (Å²) in [5.74, 6) is -0.0565. The van der Waals surface area contributed by atoms with Gasteiger partial charge in [0, 0.05) is 36.7 Å². The van der Waals surface area contributed by atoms with Gasteiger partial charge in [0.05, 0.1) is 11.1 Å². The number of hydrogen-bond acceptors (Lipinski definition) is 4. The van der Waals surface area contributed by atoms with Gasteiger partial charge in [0.2, 0.25) is 0 Å². The smallest absolute Gasteiger partial charge is 0.257 e. The van der Waals surface area contributed by atoms with E-state index in [1.165, 1.54) is 19.3 Å². The monoisotopic (exact) mass is 365 g/mol. The molecule has 1 aliphatic heterocycles. The summed E-state index contributed by atoms with van der Waals surface area (Å²) in [7, 11) is 0. The summed E-state index contributed by atoms with van der Waals surface area (Å²) in [6, 6.07) is 8.30. The largest absolute Gasteiger partial charge is 0.338 e. The van der Waals surface area contributed by atoms with E-state index in [1.807, 2.05) is 4.90 Å². The van der Waals surface area contributed by atoms with Crippen molar-refractivity contribution in [1.29, 1.82) is 0 Å². The van der Waals surface area contributed by atoms with E-state index in [0.29, 0.717) is 28.3 Å². The predicted octanol–water partition coefficient (Wildman–Crippen LogP) is 3.41. The highest BCUT2D eigenvalue weighted by Gasteiger charge is 2.23. The van der Waals surface area contributed by atoms with Crippen LogP contribution in [0.3, 0.4) is 0 Å². The van der Waals surface area contributed by atoms with Crippen LogP contribution in [0.15, 0.2) is 42.7 Å². The first-order valence-electron chi connectivity index (χ1n) is 9.10. The number of benzene rings is 1. The molecule has 140 valence electrons. The molecule has 1 aromatic heterocycles. The maximum absolute atomic E-state index is 12.7. The molecule has 1 N–H and O–H groups in total. The zero-order valence-electron chi connectivity index (χ0n) is 15.6. The predicted molar refractivity (Wildman–Crippen MR) is 103 cm³/mol. The Morgan fingerprint density at radius 2 is 1.89 bits per heavy atom. The van der Waals surface area contributed by atoms with Gasteiger partial charge in [-0.2, -0.15) is 0 Å². The highest BCUT2D eigenvalue weighted by Crippen LogP contribution is 2.18. The molecule has 3 rings (SSSR count). The van der Waals surface area contributed by atoms with Crippen LogP contribution in [0, 0.1) is 5.92 Å². The highest BCUT2D eigenvalue weighted by atomic mass is 16.2. The molecule has 1 unspecified atom stereocenters.